The van der Waals surface area contributed by atoms with Gasteiger partial charge in [0.25, 0.3) is 0 Å². The Labute approximate surface area is 74.8 Å². The zero-order valence-electron chi connectivity index (χ0n) is 6.96. The van der Waals surface area contributed by atoms with Crippen LogP contribution in [-0.4, -0.2) is 26.2 Å². The quantitative estimate of drug-likeness (QED) is 0.663. The van der Waals surface area contributed by atoms with Crippen molar-refractivity contribution >= 4 is 5.65 Å². The molecule has 1 atom stereocenters. The van der Waals surface area contributed by atoms with Crippen LogP contribution in [0.15, 0.2) is 24.7 Å². The van der Waals surface area contributed by atoms with Crippen molar-refractivity contribution in [3.05, 3.63) is 30.2 Å². The minimum atomic E-state index is -0.623. The minimum Gasteiger partial charge on any atom is -0.387 e. The second kappa shape index (κ2) is 3.12. The summed E-state index contributed by atoms with van der Waals surface area (Å²) in [7, 11) is 0. The lowest BCUT2D eigenvalue weighted by Crippen LogP contribution is -2.11. The Bertz CT molecular complexity index is 411. The van der Waals surface area contributed by atoms with Crippen molar-refractivity contribution < 1.29 is 5.11 Å². The lowest BCUT2D eigenvalue weighted by Gasteiger charge is -2.06. The number of aliphatic hydroxyl groups is 1. The van der Waals surface area contributed by atoms with E-state index in [-0.39, 0.29) is 6.54 Å². The highest BCUT2D eigenvalue weighted by molar-refractivity contribution is 5.40. The van der Waals surface area contributed by atoms with Crippen LogP contribution in [0.25, 0.3) is 5.65 Å². The number of aromatic nitrogens is 3. The molecule has 0 aromatic carbocycles. The molecule has 0 aliphatic heterocycles. The second-order valence-corrected chi connectivity index (χ2v) is 2.81. The molecule has 1 unspecified atom stereocenters. The number of rotatable bonds is 2. The first kappa shape index (κ1) is 8.15. The maximum Gasteiger partial charge on any atom is 0.160 e. The van der Waals surface area contributed by atoms with E-state index in [1.165, 1.54) is 0 Å². The molecule has 3 N–H and O–H groups in total. The molecule has 0 amide bonds. The van der Waals surface area contributed by atoms with Gasteiger partial charge >= 0.3 is 0 Å². The predicted molar refractivity (Wildman–Crippen MR) is 47.0 cm³/mol. The van der Waals surface area contributed by atoms with E-state index in [9.17, 15) is 5.11 Å². The zero-order valence-corrected chi connectivity index (χ0v) is 6.96. The van der Waals surface area contributed by atoms with Crippen LogP contribution in [0.1, 0.15) is 11.7 Å². The van der Waals surface area contributed by atoms with Crippen molar-refractivity contribution in [2.75, 3.05) is 6.54 Å². The highest BCUT2D eigenvalue weighted by Crippen LogP contribution is 2.12. The van der Waals surface area contributed by atoms with Crippen LogP contribution in [0.2, 0.25) is 0 Å². The van der Waals surface area contributed by atoms with Gasteiger partial charge in [-0.25, -0.2) is 0 Å². The van der Waals surface area contributed by atoms with Gasteiger partial charge in [-0.3, -0.25) is 4.40 Å². The van der Waals surface area contributed by atoms with E-state index in [1.807, 2.05) is 0 Å². The van der Waals surface area contributed by atoms with Crippen LogP contribution in [0.3, 0.4) is 0 Å². The number of nitrogens with two attached hydrogens (primary N) is 1. The molecule has 2 rings (SSSR count). The van der Waals surface area contributed by atoms with Crippen LogP contribution < -0.4 is 5.73 Å². The summed E-state index contributed by atoms with van der Waals surface area (Å²) < 4.78 is 1.77. The Hall–Kier alpha value is -1.46. The molecule has 0 saturated heterocycles. The average Bonchev–Trinajstić information content (AvgIpc) is 2.63. The van der Waals surface area contributed by atoms with Gasteiger partial charge in [-0.1, -0.05) is 0 Å². The summed E-state index contributed by atoms with van der Waals surface area (Å²) in [6.07, 6.45) is 2.78. The van der Waals surface area contributed by atoms with Gasteiger partial charge in [0.15, 0.2) is 5.65 Å². The van der Waals surface area contributed by atoms with Gasteiger partial charge in [-0.15, -0.1) is 10.2 Å². The maximum absolute atomic E-state index is 9.44. The molecule has 0 saturated carbocycles. The summed E-state index contributed by atoms with van der Waals surface area (Å²) in [5, 5.41) is 17.0. The lowest BCUT2D eigenvalue weighted by atomic mass is 10.1. The summed E-state index contributed by atoms with van der Waals surface area (Å²) in [6.45, 7) is 0.213. The molecular weight excluding hydrogens is 168 g/mol. The first-order valence-electron chi connectivity index (χ1n) is 3.98. The summed E-state index contributed by atoms with van der Waals surface area (Å²) in [4.78, 5) is 0. The van der Waals surface area contributed by atoms with Crippen LogP contribution in [-0.2, 0) is 0 Å². The van der Waals surface area contributed by atoms with Crippen LogP contribution in [0, 0.1) is 0 Å². The van der Waals surface area contributed by atoms with Crippen molar-refractivity contribution in [3.63, 3.8) is 0 Å². The van der Waals surface area contributed by atoms with Crippen molar-refractivity contribution in [1.29, 1.82) is 0 Å². The fraction of sp³-hybridized carbons (Fsp3) is 0.250. The standard InChI is InChI=1S/C8H10N4O/c9-4-7(13)6-1-2-12-5-10-11-8(12)3-6/h1-3,5,7,13H,4,9H2. The Kier molecular flexibility index (Phi) is 1.96. The molecule has 13 heavy (non-hydrogen) atoms. The minimum absolute atomic E-state index is 0.213. The summed E-state index contributed by atoms with van der Waals surface area (Å²) >= 11 is 0. The molecule has 2 aromatic heterocycles. The summed E-state index contributed by atoms with van der Waals surface area (Å²) in [6, 6.07) is 3.57. The van der Waals surface area contributed by atoms with Gasteiger partial charge in [0, 0.05) is 12.7 Å². The molecule has 0 bridgehead atoms. The van der Waals surface area contributed by atoms with Gasteiger partial charge in [-0.05, 0) is 17.7 Å². The number of hydrogen-bond acceptors (Lipinski definition) is 4. The summed E-state index contributed by atoms with van der Waals surface area (Å²) in [5.41, 5.74) is 6.81. The van der Waals surface area contributed by atoms with Crippen molar-refractivity contribution in [2.45, 2.75) is 6.10 Å². The third kappa shape index (κ3) is 1.39. The number of fused-ring (bicyclic) bond motifs is 1. The van der Waals surface area contributed by atoms with Gasteiger partial charge in [0.1, 0.15) is 6.33 Å². The Morgan fingerprint density at radius 3 is 3.23 bits per heavy atom. The number of aliphatic hydroxyl groups excluding tert-OH is 1. The highest BCUT2D eigenvalue weighted by atomic mass is 16.3. The first-order valence-corrected chi connectivity index (χ1v) is 3.98. The molecule has 0 aliphatic carbocycles. The largest absolute Gasteiger partial charge is 0.387 e. The lowest BCUT2D eigenvalue weighted by molar-refractivity contribution is 0.187. The third-order valence-corrected chi connectivity index (χ3v) is 1.93. The number of nitrogens with zero attached hydrogens (tertiary/aromatic N) is 3. The van der Waals surface area contributed by atoms with Crippen molar-refractivity contribution in [3.8, 4) is 0 Å². The normalized spacial score (nSPS) is 13.4. The number of pyridine rings is 1. The molecule has 68 valence electrons. The van der Waals surface area contributed by atoms with E-state index in [4.69, 9.17) is 5.73 Å². The van der Waals surface area contributed by atoms with E-state index in [0.717, 1.165) is 5.56 Å². The highest BCUT2D eigenvalue weighted by Gasteiger charge is 2.05. The third-order valence-electron chi connectivity index (χ3n) is 1.93. The predicted octanol–water partition coefficient (Wildman–Crippen LogP) is -0.279. The SMILES string of the molecule is NCC(O)c1ccn2cnnc2c1. The van der Waals surface area contributed by atoms with Crippen LogP contribution >= 0.6 is 0 Å². The monoisotopic (exact) mass is 178 g/mol. The average molecular weight is 178 g/mol. The maximum atomic E-state index is 9.44. The topological polar surface area (TPSA) is 76.4 Å². The van der Waals surface area contributed by atoms with E-state index in [2.05, 4.69) is 10.2 Å². The molecule has 0 spiro atoms. The van der Waals surface area contributed by atoms with Gasteiger partial charge in [0.05, 0.1) is 6.10 Å². The van der Waals surface area contributed by atoms with Crippen LogP contribution in [0.4, 0.5) is 0 Å². The van der Waals surface area contributed by atoms with E-state index in [0.29, 0.717) is 5.65 Å². The van der Waals surface area contributed by atoms with Gasteiger partial charge in [-0.2, -0.15) is 0 Å². The molecular formula is C8H10N4O. The zero-order chi connectivity index (χ0) is 9.26. The molecule has 0 fully saturated rings. The summed E-state index contributed by atoms with van der Waals surface area (Å²) in [5.74, 6) is 0. The molecule has 2 heterocycles. The fourth-order valence-electron chi connectivity index (χ4n) is 1.18. The molecule has 0 radical (unpaired) electrons. The smallest absolute Gasteiger partial charge is 0.160 e. The number of hydrogen-bond donors (Lipinski definition) is 2. The molecule has 0 aliphatic rings. The van der Waals surface area contributed by atoms with Gasteiger partial charge in [0.2, 0.25) is 0 Å². The van der Waals surface area contributed by atoms with E-state index in [1.54, 1.807) is 29.1 Å². The molecule has 2 aromatic rings. The van der Waals surface area contributed by atoms with Crippen molar-refractivity contribution in [1.82, 2.24) is 14.6 Å². The van der Waals surface area contributed by atoms with E-state index < -0.39 is 6.10 Å². The Morgan fingerprint density at radius 1 is 1.62 bits per heavy atom. The molecule has 5 nitrogen and oxygen atoms in total. The fourth-order valence-corrected chi connectivity index (χ4v) is 1.18. The first-order chi connectivity index (χ1) is 6.31. The molecule has 5 heteroatoms. The second-order valence-electron chi connectivity index (χ2n) is 2.81. The van der Waals surface area contributed by atoms with Crippen LogP contribution in [0.5, 0.6) is 0 Å². The Morgan fingerprint density at radius 2 is 2.46 bits per heavy atom. The van der Waals surface area contributed by atoms with Gasteiger partial charge < -0.3 is 10.8 Å². The Balaban J connectivity index is 2.48. The van der Waals surface area contributed by atoms with Crippen molar-refractivity contribution in [2.24, 2.45) is 5.73 Å². The van der Waals surface area contributed by atoms with E-state index >= 15 is 0 Å².